The van der Waals surface area contributed by atoms with Gasteiger partial charge in [0.05, 0.1) is 6.61 Å². The largest absolute Gasteiger partial charge is 0.363 e. The van der Waals surface area contributed by atoms with Crippen molar-refractivity contribution in [3.63, 3.8) is 0 Å². The van der Waals surface area contributed by atoms with E-state index in [4.69, 9.17) is 0 Å². The molecule has 0 aliphatic rings. The fourth-order valence-electron chi connectivity index (χ4n) is 0.917. The van der Waals surface area contributed by atoms with Crippen LogP contribution in [0.2, 0.25) is 0 Å². The molecule has 7 heteroatoms. The standard InChI is InChI=1S/C8H13N3O3S/c1-11(2)8-4-3-7(5-10-8)6-14-15(9,12)13/h3-5H,6H2,1-2H3,(H2,9,12,13). The van der Waals surface area contributed by atoms with Crippen LogP contribution in [0.15, 0.2) is 18.3 Å². The van der Waals surface area contributed by atoms with Crippen LogP contribution in [0.1, 0.15) is 5.56 Å². The van der Waals surface area contributed by atoms with Crippen LogP contribution in [0.5, 0.6) is 0 Å². The second kappa shape index (κ2) is 4.56. The summed E-state index contributed by atoms with van der Waals surface area (Å²) in [5, 5.41) is 4.68. The van der Waals surface area contributed by atoms with E-state index in [0.29, 0.717) is 5.56 Å². The fourth-order valence-corrected chi connectivity index (χ4v) is 1.22. The Hall–Kier alpha value is -1.18. The molecular weight excluding hydrogens is 218 g/mol. The molecule has 1 rings (SSSR count). The molecule has 15 heavy (non-hydrogen) atoms. The van der Waals surface area contributed by atoms with Crippen LogP contribution in [0.4, 0.5) is 5.82 Å². The molecule has 0 aliphatic heterocycles. The molecule has 84 valence electrons. The highest BCUT2D eigenvalue weighted by Gasteiger charge is 2.03. The minimum atomic E-state index is -3.89. The van der Waals surface area contributed by atoms with Crippen LogP contribution in [-0.2, 0) is 21.1 Å². The average Bonchev–Trinajstić information content (AvgIpc) is 2.14. The van der Waals surface area contributed by atoms with Gasteiger partial charge in [-0.05, 0) is 11.6 Å². The lowest BCUT2D eigenvalue weighted by molar-refractivity contribution is 0.308. The summed E-state index contributed by atoms with van der Waals surface area (Å²) >= 11 is 0. The molecule has 0 radical (unpaired) electrons. The maximum Gasteiger partial charge on any atom is 0.333 e. The molecule has 0 spiro atoms. The summed E-state index contributed by atoms with van der Waals surface area (Å²) in [6.45, 7) is -0.0977. The number of hydrogen-bond acceptors (Lipinski definition) is 5. The van der Waals surface area contributed by atoms with Gasteiger partial charge in [0.25, 0.3) is 0 Å². The van der Waals surface area contributed by atoms with Gasteiger partial charge in [-0.1, -0.05) is 6.07 Å². The predicted octanol–water partition coefficient (Wildman–Crippen LogP) is -0.132. The Morgan fingerprint density at radius 3 is 2.53 bits per heavy atom. The summed E-state index contributed by atoms with van der Waals surface area (Å²) in [5.74, 6) is 0.786. The van der Waals surface area contributed by atoms with E-state index in [1.165, 1.54) is 0 Å². The quantitative estimate of drug-likeness (QED) is 0.780. The van der Waals surface area contributed by atoms with Gasteiger partial charge in [-0.2, -0.15) is 8.42 Å². The molecular formula is C8H13N3O3S. The first-order valence-electron chi connectivity index (χ1n) is 4.18. The lowest BCUT2D eigenvalue weighted by Gasteiger charge is -2.10. The van der Waals surface area contributed by atoms with E-state index in [1.807, 2.05) is 19.0 Å². The van der Waals surface area contributed by atoms with E-state index < -0.39 is 10.3 Å². The number of aromatic nitrogens is 1. The summed E-state index contributed by atoms with van der Waals surface area (Å²) in [6, 6.07) is 3.50. The molecule has 6 nitrogen and oxygen atoms in total. The van der Waals surface area contributed by atoms with E-state index >= 15 is 0 Å². The molecule has 0 saturated carbocycles. The summed E-state index contributed by atoms with van der Waals surface area (Å²) < 4.78 is 25.4. The van der Waals surface area contributed by atoms with E-state index in [0.717, 1.165) is 5.82 Å². The van der Waals surface area contributed by atoms with Crippen LogP contribution < -0.4 is 10.0 Å². The monoisotopic (exact) mass is 231 g/mol. The van der Waals surface area contributed by atoms with Crippen molar-refractivity contribution in [3.05, 3.63) is 23.9 Å². The molecule has 0 aliphatic carbocycles. The highest BCUT2D eigenvalue weighted by molar-refractivity contribution is 7.84. The maximum absolute atomic E-state index is 10.5. The van der Waals surface area contributed by atoms with Crippen molar-refractivity contribution in [1.29, 1.82) is 0 Å². The van der Waals surface area contributed by atoms with Crippen LogP contribution in [0.3, 0.4) is 0 Å². The normalized spacial score (nSPS) is 11.4. The molecule has 0 saturated heterocycles. The summed E-state index contributed by atoms with van der Waals surface area (Å²) in [7, 11) is -0.159. The summed E-state index contributed by atoms with van der Waals surface area (Å²) in [6.07, 6.45) is 1.54. The lowest BCUT2D eigenvalue weighted by atomic mass is 10.3. The first kappa shape index (κ1) is 11.9. The first-order valence-corrected chi connectivity index (χ1v) is 5.65. The van der Waals surface area contributed by atoms with Crippen LogP contribution in [0, 0.1) is 0 Å². The highest BCUT2D eigenvalue weighted by atomic mass is 32.2. The third kappa shape index (κ3) is 4.24. The molecule has 0 amide bonds. The predicted molar refractivity (Wildman–Crippen MR) is 56.5 cm³/mol. The smallest absolute Gasteiger partial charge is 0.333 e. The zero-order chi connectivity index (χ0) is 11.5. The molecule has 1 aromatic rings. The van der Waals surface area contributed by atoms with Gasteiger partial charge >= 0.3 is 10.3 Å². The molecule has 1 heterocycles. The van der Waals surface area contributed by atoms with Crippen molar-refractivity contribution in [2.45, 2.75) is 6.61 Å². The van der Waals surface area contributed by atoms with Crippen LogP contribution >= 0.6 is 0 Å². The van der Waals surface area contributed by atoms with Crippen LogP contribution in [-0.4, -0.2) is 27.5 Å². The van der Waals surface area contributed by atoms with Crippen molar-refractivity contribution in [3.8, 4) is 0 Å². The Morgan fingerprint density at radius 2 is 2.13 bits per heavy atom. The third-order valence-electron chi connectivity index (χ3n) is 1.66. The summed E-state index contributed by atoms with van der Waals surface area (Å²) in [5.41, 5.74) is 0.648. The van der Waals surface area contributed by atoms with Gasteiger partial charge in [-0.15, -0.1) is 0 Å². The van der Waals surface area contributed by atoms with Crippen molar-refractivity contribution in [2.75, 3.05) is 19.0 Å². The van der Waals surface area contributed by atoms with Gasteiger partial charge in [0.15, 0.2) is 0 Å². The topological polar surface area (TPSA) is 85.5 Å². The molecule has 2 N–H and O–H groups in total. The number of rotatable bonds is 4. The van der Waals surface area contributed by atoms with E-state index in [1.54, 1.807) is 18.3 Å². The minimum absolute atomic E-state index is 0.0977. The lowest BCUT2D eigenvalue weighted by Crippen LogP contribution is -2.15. The Kier molecular flexibility index (Phi) is 3.61. The summed E-state index contributed by atoms with van der Waals surface area (Å²) in [4.78, 5) is 5.93. The van der Waals surface area contributed by atoms with Crippen molar-refractivity contribution in [1.82, 2.24) is 4.98 Å². The Labute approximate surface area is 88.9 Å². The minimum Gasteiger partial charge on any atom is -0.363 e. The Balaban J connectivity index is 2.65. The van der Waals surface area contributed by atoms with E-state index in [9.17, 15) is 8.42 Å². The third-order valence-corrected chi connectivity index (χ3v) is 2.10. The van der Waals surface area contributed by atoms with Gasteiger partial charge in [0, 0.05) is 20.3 Å². The van der Waals surface area contributed by atoms with Gasteiger partial charge in [0.1, 0.15) is 5.82 Å². The SMILES string of the molecule is CN(C)c1ccc(COS(N)(=O)=O)cn1. The number of pyridine rings is 1. The molecule has 0 atom stereocenters. The van der Waals surface area contributed by atoms with Crippen molar-refractivity contribution < 1.29 is 12.6 Å². The molecule has 0 fully saturated rings. The highest BCUT2D eigenvalue weighted by Crippen LogP contribution is 2.08. The van der Waals surface area contributed by atoms with Gasteiger partial charge in [-0.25, -0.2) is 10.1 Å². The van der Waals surface area contributed by atoms with Crippen molar-refractivity contribution >= 4 is 16.1 Å². The molecule has 0 aromatic carbocycles. The molecule has 0 bridgehead atoms. The number of nitrogens with two attached hydrogens (primary N) is 1. The van der Waals surface area contributed by atoms with Gasteiger partial charge < -0.3 is 4.90 Å². The average molecular weight is 231 g/mol. The number of nitrogens with zero attached hydrogens (tertiary/aromatic N) is 2. The molecule has 0 unspecified atom stereocenters. The van der Waals surface area contributed by atoms with Gasteiger partial charge in [-0.3, -0.25) is 4.18 Å². The second-order valence-electron chi connectivity index (χ2n) is 3.17. The Bertz CT molecular complexity index is 413. The number of hydrogen-bond donors (Lipinski definition) is 1. The van der Waals surface area contributed by atoms with Crippen molar-refractivity contribution in [2.24, 2.45) is 5.14 Å². The fraction of sp³-hybridized carbons (Fsp3) is 0.375. The zero-order valence-electron chi connectivity index (χ0n) is 8.54. The van der Waals surface area contributed by atoms with Gasteiger partial charge in [0.2, 0.25) is 0 Å². The first-order chi connectivity index (χ1) is 6.88. The van der Waals surface area contributed by atoms with Crippen LogP contribution in [0.25, 0.3) is 0 Å². The second-order valence-corrected chi connectivity index (χ2v) is 4.40. The van der Waals surface area contributed by atoms with E-state index in [-0.39, 0.29) is 6.61 Å². The molecule has 1 aromatic heterocycles. The zero-order valence-corrected chi connectivity index (χ0v) is 9.36. The maximum atomic E-state index is 10.5. The number of anilines is 1. The Morgan fingerprint density at radius 1 is 1.47 bits per heavy atom. The van der Waals surface area contributed by atoms with E-state index in [2.05, 4.69) is 14.3 Å².